The molecule has 0 saturated heterocycles. The van der Waals surface area contributed by atoms with Gasteiger partial charge >= 0.3 is 0 Å². The van der Waals surface area contributed by atoms with Crippen LogP contribution >= 0.6 is 11.6 Å². The lowest BCUT2D eigenvalue weighted by atomic mass is 10.2. The van der Waals surface area contributed by atoms with Gasteiger partial charge in [-0.05, 0) is 32.0 Å². The first-order valence-electron chi connectivity index (χ1n) is 5.73. The minimum absolute atomic E-state index is 0.347. The van der Waals surface area contributed by atoms with Gasteiger partial charge in [-0.15, -0.1) is 0 Å². The van der Waals surface area contributed by atoms with Crippen molar-refractivity contribution in [2.75, 3.05) is 0 Å². The van der Waals surface area contributed by atoms with E-state index in [9.17, 15) is 4.79 Å². The van der Waals surface area contributed by atoms with Gasteiger partial charge in [0.1, 0.15) is 11.5 Å². The highest BCUT2D eigenvalue weighted by Crippen LogP contribution is 2.14. The first kappa shape index (κ1) is 13.4. The van der Waals surface area contributed by atoms with Crippen LogP contribution in [0.3, 0.4) is 0 Å². The maximum Gasteiger partial charge on any atom is 0.272 e. The molecule has 0 aliphatic heterocycles. The number of halogens is 1. The lowest BCUT2D eigenvalue weighted by molar-refractivity contribution is 0.0955. The summed E-state index contributed by atoms with van der Waals surface area (Å²) in [4.78, 5) is 11.8. The average molecular weight is 277 g/mol. The normalized spacial score (nSPS) is 10.9. The van der Waals surface area contributed by atoms with Crippen LogP contribution in [0.1, 0.15) is 27.4 Å². The number of benzene rings is 1. The number of rotatable bonds is 3. The van der Waals surface area contributed by atoms with Gasteiger partial charge in [0, 0.05) is 5.56 Å². The lowest BCUT2D eigenvalue weighted by Gasteiger charge is -2.01. The number of nitrogens with zero attached hydrogens (tertiary/aromatic N) is 1. The maximum atomic E-state index is 11.8. The second kappa shape index (κ2) is 5.71. The van der Waals surface area contributed by atoms with E-state index in [1.54, 1.807) is 30.5 Å². The highest BCUT2D eigenvalue weighted by molar-refractivity contribution is 6.33. The zero-order chi connectivity index (χ0) is 13.8. The second-order valence-electron chi connectivity index (χ2n) is 4.05. The third kappa shape index (κ3) is 3.23. The van der Waals surface area contributed by atoms with Gasteiger partial charge in [0.2, 0.25) is 0 Å². The zero-order valence-electron chi connectivity index (χ0n) is 10.6. The van der Waals surface area contributed by atoms with Crippen LogP contribution in [-0.4, -0.2) is 12.1 Å². The van der Waals surface area contributed by atoms with Crippen molar-refractivity contribution in [2.45, 2.75) is 13.8 Å². The standard InChI is InChI=1S/C14H13ClN2O2/c1-9-7-11(10(2)19-9)8-16-17-14(18)12-5-3-4-6-13(12)15/h3-8H,1-2H3,(H,17,18)/b16-8+. The van der Waals surface area contributed by atoms with Crippen LogP contribution in [0.4, 0.5) is 0 Å². The van der Waals surface area contributed by atoms with Crippen LogP contribution in [0.25, 0.3) is 0 Å². The van der Waals surface area contributed by atoms with Crippen LogP contribution in [-0.2, 0) is 0 Å². The van der Waals surface area contributed by atoms with E-state index in [0.29, 0.717) is 10.6 Å². The van der Waals surface area contributed by atoms with Crippen molar-refractivity contribution in [3.8, 4) is 0 Å². The topological polar surface area (TPSA) is 54.6 Å². The predicted molar refractivity (Wildman–Crippen MR) is 74.7 cm³/mol. The Morgan fingerprint density at radius 1 is 1.37 bits per heavy atom. The van der Waals surface area contributed by atoms with Crippen LogP contribution < -0.4 is 5.43 Å². The third-order valence-electron chi connectivity index (χ3n) is 2.57. The van der Waals surface area contributed by atoms with E-state index in [2.05, 4.69) is 10.5 Å². The van der Waals surface area contributed by atoms with Gasteiger partial charge in [-0.2, -0.15) is 5.10 Å². The molecule has 2 rings (SSSR count). The molecular weight excluding hydrogens is 264 g/mol. The number of carbonyl (C=O) groups excluding carboxylic acids is 1. The molecule has 1 amide bonds. The number of aryl methyl sites for hydroxylation is 2. The predicted octanol–water partition coefficient (Wildman–Crippen LogP) is 3.31. The summed E-state index contributed by atoms with van der Waals surface area (Å²) >= 11 is 5.92. The highest BCUT2D eigenvalue weighted by Gasteiger charge is 2.08. The van der Waals surface area contributed by atoms with Gasteiger partial charge < -0.3 is 4.42 Å². The summed E-state index contributed by atoms with van der Waals surface area (Å²) in [6.45, 7) is 3.69. The van der Waals surface area contributed by atoms with Crippen LogP contribution in [0.5, 0.6) is 0 Å². The molecule has 1 N–H and O–H groups in total. The van der Waals surface area contributed by atoms with E-state index >= 15 is 0 Å². The fraction of sp³-hybridized carbons (Fsp3) is 0.143. The van der Waals surface area contributed by atoms with Crippen molar-refractivity contribution < 1.29 is 9.21 Å². The Balaban J connectivity index is 2.05. The lowest BCUT2D eigenvalue weighted by Crippen LogP contribution is -2.17. The average Bonchev–Trinajstić information content (AvgIpc) is 2.68. The molecule has 0 radical (unpaired) electrons. The molecule has 5 heteroatoms. The number of furan rings is 1. The Kier molecular flexibility index (Phi) is 4.02. The molecule has 1 aromatic heterocycles. The van der Waals surface area contributed by atoms with Gasteiger partial charge in [-0.1, -0.05) is 23.7 Å². The number of amides is 1. The monoisotopic (exact) mass is 276 g/mol. The summed E-state index contributed by atoms with van der Waals surface area (Å²) in [5.41, 5.74) is 3.65. The van der Waals surface area contributed by atoms with Crippen molar-refractivity contribution in [2.24, 2.45) is 5.10 Å². The van der Waals surface area contributed by atoms with E-state index in [0.717, 1.165) is 17.1 Å². The number of carbonyl (C=O) groups is 1. The van der Waals surface area contributed by atoms with Crippen molar-refractivity contribution in [1.29, 1.82) is 0 Å². The summed E-state index contributed by atoms with van der Waals surface area (Å²) in [5, 5.41) is 4.28. The van der Waals surface area contributed by atoms with Crippen molar-refractivity contribution in [1.82, 2.24) is 5.43 Å². The van der Waals surface area contributed by atoms with Gasteiger partial charge in [0.15, 0.2) is 0 Å². The zero-order valence-corrected chi connectivity index (χ0v) is 11.4. The van der Waals surface area contributed by atoms with Crippen LogP contribution in [0.2, 0.25) is 5.02 Å². The Morgan fingerprint density at radius 2 is 2.11 bits per heavy atom. The number of hydrogen-bond donors (Lipinski definition) is 1. The Labute approximate surface area is 116 Å². The largest absolute Gasteiger partial charge is 0.466 e. The van der Waals surface area contributed by atoms with E-state index < -0.39 is 0 Å². The van der Waals surface area contributed by atoms with E-state index in [4.69, 9.17) is 16.0 Å². The fourth-order valence-electron chi connectivity index (χ4n) is 1.64. The molecular formula is C14H13ClN2O2. The quantitative estimate of drug-likeness (QED) is 0.691. The van der Waals surface area contributed by atoms with Crippen LogP contribution in [0.15, 0.2) is 39.9 Å². The number of nitrogens with one attached hydrogen (secondary N) is 1. The SMILES string of the molecule is Cc1cc(/C=N/NC(=O)c2ccccc2Cl)c(C)o1. The Hall–Kier alpha value is -2.07. The molecule has 0 saturated carbocycles. The number of hydrogen-bond acceptors (Lipinski definition) is 3. The summed E-state index contributed by atoms with van der Waals surface area (Å²) in [7, 11) is 0. The highest BCUT2D eigenvalue weighted by atomic mass is 35.5. The van der Waals surface area contributed by atoms with E-state index in [1.165, 1.54) is 0 Å². The molecule has 0 fully saturated rings. The fourth-order valence-corrected chi connectivity index (χ4v) is 1.87. The molecule has 2 aromatic rings. The van der Waals surface area contributed by atoms with E-state index in [1.807, 2.05) is 19.9 Å². The minimum atomic E-state index is -0.347. The molecule has 0 bridgehead atoms. The first-order chi connectivity index (χ1) is 9.08. The molecule has 19 heavy (non-hydrogen) atoms. The molecule has 1 aromatic carbocycles. The van der Waals surface area contributed by atoms with Crippen molar-refractivity contribution >= 4 is 23.7 Å². The Morgan fingerprint density at radius 3 is 2.74 bits per heavy atom. The number of hydrazone groups is 1. The third-order valence-corrected chi connectivity index (χ3v) is 2.90. The molecule has 1 heterocycles. The van der Waals surface area contributed by atoms with Crippen LogP contribution in [0, 0.1) is 13.8 Å². The smallest absolute Gasteiger partial charge is 0.272 e. The summed E-state index contributed by atoms with van der Waals surface area (Å²) in [6.07, 6.45) is 1.54. The van der Waals surface area contributed by atoms with Gasteiger partial charge in [0.05, 0.1) is 16.8 Å². The molecule has 0 aliphatic carbocycles. The molecule has 98 valence electrons. The van der Waals surface area contributed by atoms with Crippen molar-refractivity contribution in [3.63, 3.8) is 0 Å². The second-order valence-corrected chi connectivity index (χ2v) is 4.45. The first-order valence-corrected chi connectivity index (χ1v) is 6.10. The molecule has 0 atom stereocenters. The van der Waals surface area contributed by atoms with Crippen molar-refractivity contribution in [3.05, 3.63) is 58.0 Å². The molecule has 0 spiro atoms. The molecule has 4 nitrogen and oxygen atoms in total. The Bertz CT molecular complexity index is 632. The molecule has 0 aliphatic rings. The summed E-state index contributed by atoms with van der Waals surface area (Å²) in [6, 6.07) is 8.65. The van der Waals surface area contributed by atoms with E-state index in [-0.39, 0.29) is 5.91 Å². The minimum Gasteiger partial charge on any atom is -0.466 e. The summed E-state index contributed by atoms with van der Waals surface area (Å²) < 4.78 is 5.35. The van der Waals surface area contributed by atoms with Gasteiger partial charge in [-0.25, -0.2) is 5.43 Å². The maximum absolute atomic E-state index is 11.8. The molecule has 0 unspecified atom stereocenters. The van der Waals surface area contributed by atoms with Gasteiger partial charge in [0.25, 0.3) is 5.91 Å². The van der Waals surface area contributed by atoms with Gasteiger partial charge in [-0.3, -0.25) is 4.79 Å². The summed E-state index contributed by atoms with van der Waals surface area (Å²) in [5.74, 6) is 1.21.